The molecule has 0 radical (unpaired) electrons. The maximum atomic E-state index is 12.6. The zero-order chi connectivity index (χ0) is 15.1. The lowest BCUT2D eigenvalue weighted by Gasteiger charge is -2.17. The number of hydrogen-bond donors (Lipinski definition) is 0. The van der Waals surface area contributed by atoms with Crippen molar-refractivity contribution in [2.45, 2.75) is 32.4 Å². The molecule has 0 saturated heterocycles. The molecule has 2 aromatic heterocycles. The molecule has 0 spiro atoms. The van der Waals surface area contributed by atoms with E-state index in [1.807, 2.05) is 20.8 Å². The number of nitrogens with zero attached hydrogens (tertiary/aromatic N) is 4. The van der Waals surface area contributed by atoms with Crippen LogP contribution in [0.4, 0.5) is 13.2 Å². The van der Waals surface area contributed by atoms with Crippen molar-refractivity contribution in [3.63, 3.8) is 0 Å². The molecule has 0 aliphatic heterocycles. The van der Waals surface area contributed by atoms with Crippen molar-refractivity contribution in [2.24, 2.45) is 0 Å². The van der Waals surface area contributed by atoms with Gasteiger partial charge in [0.2, 0.25) is 0 Å². The highest BCUT2D eigenvalue weighted by molar-refractivity contribution is 6.29. The molecule has 0 aliphatic rings. The minimum atomic E-state index is -4.44. The predicted molar refractivity (Wildman–Crippen MR) is 67.9 cm³/mol. The zero-order valence-corrected chi connectivity index (χ0v) is 11.8. The first-order valence-electron chi connectivity index (χ1n) is 5.75. The van der Waals surface area contributed by atoms with Crippen LogP contribution in [-0.4, -0.2) is 19.7 Å². The molecule has 0 aliphatic carbocycles. The third-order valence-electron chi connectivity index (χ3n) is 2.50. The monoisotopic (exact) mass is 304 g/mol. The molecule has 8 heteroatoms. The summed E-state index contributed by atoms with van der Waals surface area (Å²) in [7, 11) is 0. The van der Waals surface area contributed by atoms with Crippen molar-refractivity contribution in [1.82, 2.24) is 19.7 Å². The Morgan fingerprint density at radius 3 is 2.30 bits per heavy atom. The maximum absolute atomic E-state index is 12.6. The molecular weight excluding hydrogens is 293 g/mol. The van der Waals surface area contributed by atoms with Crippen LogP contribution in [0.5, 0.6) is 0 Å². The molecule has 0 atom stereocenters. The normalized spacial score (nSPS) is 12.8. The second kappa shape index (κ2) is 4.73. The van der Waals surface area contributed by atoms with Crippen molar-refractivity contribution in [3.05, 3.63) is 35.0 Å². The van der Waals surface area contributed by atoms with Crippen molar-refractivity contribution in [1.29, 1.82) is 0 Å². The second-order valence-corrected chi connectivity index (χ2v) is 5.68. The van der Waals surface area contributed by atoms with Crippen LogP contribution in [0, 0.1) is 0 Å². The first-order chi connectivity index (χ1) is 9.07. The van der Waals surface area contributed by atoms with E-state index in [0.717, 1.165) is 17.1 Å². The average molecular weight is 305 g/mol. The van der Waals surface area contributed by atoms with Crippen LogP contribution in [0.2, 0.25) is 5.15 Å². The summed E-state index contributed by atoms with van der Waals surface area (Å²) < 4.78 is 38.7. The molecule has 0 bridgehead atoms. The van der Waals surface area contributed by atoms with Gasteiger partial charge < -0.3 is 0 Å². The van der Waals surface area contributed by atoms with Crippen molar-refractivity contribution in [3.8, 4) is 5.82 Å². The highest BCUT2D eigenvalue weighted by Gasteiger charge is 2.32. The van der Waals surface area contributed by atoms with Gasteiger partial charge in [-0.25, -0.2) is 14.6 Å². The Kier molecular flexibility index (Phi) is 3.49. The molecule has 20 heavy (non-hydrogen) atoms. The van der Waals surface area contributed by atoms with Gasteiger partial charge in [-0.05, 0) is 0 Å². The topological polar surface area (TPSA) is 43.6 Å². The SMILES string of the molecule is CC(C)(C)c1nc(Cl)cc(-n2cc(C(F)(F)F)cn2)n1. The standard InChI is InChI=1S/C12H12ClF3N4/c1-11(2,3)10-18-8(13)4-9(19-10)20-6-7(5-17-20)12(14,15)16/h4-6H,1-3H3. The Balaban J connectivity index is 2.48. The average Bonchev–Trinajstić information content (AvgIpc) is 2.75. The number of rotatable bonds is 1. The van der Waals surface area contributed by atoms with Gasteiger partial charge in [0.15, 0.2) is 5.82 Å². The van der Waals surface area contributed by atoms with E-state index in [-0.39, 0.29) is 16.4 Å². The van der Waals surface area contributed by atoms with Crippen molar-refractivity contribution in [2.75, 3.05) is 0 Å². The molecule has 0 aromatic carbocycles. The first-order valence-corrected chi connectivity index (χ1v) is 6.12. The Morgan fingerprint density at radius 2 is 1.80 bits per heavy atom. The van der Waals surface area contributed by atoms with Crippen LogP contribution in [0.25, 0.3) is 5.82 Å². The zero-order valence-electron chi connectivity index (χ0n) is 11.0. The number of hydrogen-bond acceptors (Lipinski definition) is 3. The summed E-state index contributed by atoms with van der Waals surface area (Å²) in [5, 5.41) is 3.82. The number of aromatic nitrogens is 4. The van der Waals surface area contributed by atoms with Gasteiger partial charge >= 0.3 is 6.18 Å². The molecule has 0 fully saturated rings. The number of alkyl halides is 3. The van der Waals surface area contributed by atoms with Crippen LogP contribution >= 0.6 is 11.6 Å². The first kappa shape index (κ1) is 14.8. The van der Waals surface area contributed by atoms with E-state index in [1.54, 1.807) is 0 Å². The lowest BCUT2D eigenvalue weighted by Crippen LogP contribution is -2.17. The molecule has 2 rings (SSSR count). The summed E-state index contributed by atoms with van der Waals surface area (Å²) in [6, 6.07) is 1.37. The van der Waals surface area contributed by atoms with Crippen LogP contribution in [0.15, 0.2) is 18.5 Å². The summed E-state index contributed by atoms with van der Waals surface area (Å²) in [6.07, 6.45) is -2.83. The summed E-state index contributed by atoms with van der Waals surface area (Å²) in [5.41, 5.74) is -1.22. The van der Waals surface area contributed by atoms with Gasteiger partial charge in [-0.2, -0.15) is 18.3 Å². The Morgan fingerprint density at radius 1 is 1.15 bits per heavy atom. The Hall–Kier alpha value is -1.63. The van der Waals surface area contributed by atoms with E-state index in [9.17, 15) is 13.2 Å². The van der Waals surface area contributed by atoms with E-state index in [1.165, 1.54) is 6.07 Å². The van der Waals surface area contributed by atoms with Crippen LogP contribution in [0.3, 0.4) is 0 Å². The van der Waals surface area contributed by atoms with Gasteiger partial charge in [-0.3, -0.25) is 0 Å². The molecule has 0 unspecified atom stereocenters. The molecular formula is C12H12ClF3N4. The fourth-order valence-corrected chi connectivity index (χ4v) is 1.63. The minimum Gasteiger partial charge on any atom is -0.222 e. The molecule has 0 saturated carbocycles. The predicted octanol–water partition coefficient (Wildman–Crippen LogP) is 3.63. The van der Waals surface area contributed by atoms with E-state index in [4.69, 9.17) is 11.6 Å². The summed E-state index contributed by atoms with van der Waals surface area (Å²) in [4.78, 5) is 8.29. The number of halogens is 4. The van der Waals surface area contributed by atoms with Gasteiger partial charge in [-0.15, -0.1) is 0 Å². The minimum absolute atomic E-state index is 0.156. The van der Waals surface area contributed by atoms with Gasteiger partial charge in [-0.1, -0.05) is 32.4 Å². The van der Waals surface area contributed by atoms with Gasteiger partial charge in [0.25, 0.3) is 0 Å². The van der Waals surface area contributed by atoms with Gasteiger partial charge in [0, 0.05) is 17.7 Å². The fraction of sp³-hybridized carbons (Fsp3) is 0.417. The second-order valence-electron chi connectivity index (χ2n) is 5.29. The van der Waals surface area contributed by atoms with Crippen molar-refractivity contribution >= 4 is 11.6 Å². The summed E-state index contributed by atoms with van der Waals surface area (Å²) in [5.74, 6) is 0.634. The largest absolute Gasteiger partial charge is 0.419 e. The highest BCUT2D eigenvalue weighted by Crippen LogP contribution is 2.29. The third-order valence-corrected chi connectivity index (χ3v) is 2.69. The van der Waals surface area contributed by atoms with E-state index < -0.39 is 11.7 Å². The summed E-state index contributed by atoms with van der Waals surface area (Å²) in [6.45, 7) is 5.64. The van der Waals surface area contributed by atoms with Gasteiger partial charge in [0.05, 0.1) is 11.8 Å². The lowest BCUT2D eigenvalue weighted by molar-refractivity contribution is -0.137. The molecule has 0 N–H and O–H groups in total. The van der Waals surface area contributed by atoms with Gasteiger partial charge in [0.1, 0.15) is 11.0 Å². The Bertz CT molecular complexity index is 628. The fourth-order valence-electron chi connectivity index (χ4n) is 1.45. The van der Waals surface area contributed by atoms with Crippen LogP contribution < -0.4 is 0 Å². The van der Waals surface area contributed by atoms with Crippen LogP contribution in [0.1, 0.15) is 32.2 Å². The lowest BCUT2D eigenvalue weighted by atomic mass is 9.96. The van der Waals surface area contributed by atoms with Crippen molar-refractivity contribution < 1.29 is 13.2 Å². The van der Waals surface area contributed by atoms with Crippen LogP contribution in [-0.2, 0) is 11.6 Å². The van der Waals surface area contributed by atoms with E-state index >= 15 is 0 Å². The molecule has 0 amide bonds. The molecule has 2 aromatic rings. The third kappa shape index (κ3) is 3.09. The van der Waals surface area contributed by atoms with E-state index in [2.05, 4.69) is 15.1 Å². The smallest absolute Gasteiger partial charge is 0.222 e. The summed E-state index contributed by atoms with van der Waals surface area (Å²) >= 11 is 5.89. The highest BCUT2D eigenvalue weighted by atomic mass is 35.5. The van der Waals surface area contributed by atoms with E-state index in [0.29, 0.717) is 5.82 Å². The quantitative estimate of drug-likeness (QED) is 0.756. The molecule has 108 valence electrons. The maximum Gasteiger partial charge on any atom is 0.419 e. The molecule has 4 nitrogen and oxygen atoms in total. The Labute approximate surface area is 118 Å². The molecule has 2 heterocycles.